The van der Waals surface area contributed by atoms with Gasteiger partial charge in [-0.3, -0.25) is 14.4 Å². The molecule has 0 N–H and O–H groups in total. The van der Waals surface area contributed by atoms with Crippen LogP contribution in [0, 0.1) is 23.7 Å². The van der Waals surface area contributed by atoms with Crippen molar-refractivity contribution in [3.63, 3.8) is 0 Å². The first-order chi connectivity index (χ1) is 11.9. The highest BCUT2D eigenvalue weighted by Crippen LogP contribution is 2.44. The van der Waals surface area contributed by atoms with Crippen molar-refractivity contribution in [3.8, 4) is 0 Å². The molecule has 0 aromatic rings. The molecule has 1 saturated heterocycles. The molecular formula is C21H33NO3. The van der Waals surface area contributed by atoms with Crippen molar-refractivity contribution >= 4 is 17.5 Å². The van der Waals surface area contributed by atoms with E-state index in [2.05, 4.69) is 6.92 Å². The molecule has 140 valence electrons. The number of hydrogen-bond acceptors (Lipinski definition) is 3. The van der Waals surface area contributed by atoms with Gasteiger partial charge in [-0.2, -0.15) is 0 Å². The van der Waals surface area contributed by atoms with Crippen LogP contribution in [0.25, 0.3) is 0 Å². The first-order valence-electron chi connectivity index (χ1n) is 10.2. The molecule has 2 unspecified atom stereocenters. The third kappa shape index (κ3) is 3.29. The van der Waals surface area contributed by atoms with Gasteiger partial charge in [-0.05, 0) is 44.4 Å². The van der Waals surface area contributed by atoms with Gasteiger partial charge in [0.15, 0.2) is 5.78 Å². The topological polar surface area (TPSA) is 54.5 Å². The van der Waals surface area contributed by atoms with Gasteiger partial charge in [0.05, 0.1) is 0 Å². The van der Waals surface area contributed by atoms with Crippen molar-refractivity contribution in [3.05, 3.63) is 0 Å². The van der Waals surface area contributed by atoms with Gasteiger partial charge in [-0.1, -0.05) is 39.0 Å². The van der Waals surface area contributed by atoms with Crippen LogP contribution in [-0.4, -0.2) is 35.0 Å². The second-order valence-electron chi connectivity index (χ2n) is 8.92. The Morgan fingerprint density at radius 2 is 1.64 bits per heavy atom. The van der Waals surface area contributed by atoms with E-state index < -0.39 is 11.5 Å². The predicted molar refractivity (Wildman–Crippen MR) is 97.0 cm³/mol. The van der Waals surface area contributed by atoms with Gasteiger partial charge in [0.25, 0.3) is 0 Å². The zero-order valence-corrected chi connectivity index (χ0v) is 16.1. The number of rotatable bonds is 4. The van der Waals surface area contributed by atoms with E-state index in [0.29, 0.717) is 5.92 Å². The summed E-state index contributed by atoms with van der Waals surface area (Å²) in [7, 11) is 1.77. The number of carbonyl (C=O) groups excluding carboxylic acids is 3. The van der Waals surface area contributed by atoms with Gasteiger partial charge in [-0.15, -0.1) is 0 Å². The summed E-state index contributed by atoms with van der Waals surface area (Å²) < 4.78 is 0. The van der Waals surface area contributed by atoms with Crippen molar-refractivity contribution < 1.29 is 14.4 Å². The zero-order valence-electron chi connectivity index (χ0n) is 16.1. The summed E-state index contributed by atoms with van der Waals surface area (Å²) in [4.78, 5) is 40.4. The summed E-state index contributed by atoms with van der Waals surface area (Å²) in [6, 6.07) is 0. The number of carbonyl (C=O) groups is 3. The lowest BCUT2D eigenvalue weighted by molar-refractivity contribution is -0.136. The number of amides is 1. The average molecular weight is 347 g/mol. The summed E-state index contributed by atoms with van der Waals surface area (Å²) in [5.41, 5.74) is -0.714. The molecule has 2 saturated carbocycles. The molecule has 0 bridgehead atoms. The van der Waals surface area contributed by atoms with E-state index in [1.54, 1.807) is 11.9 Å². The van der Waals surface area contributed by atoms with E-state index in [0.717, 1.165) is 51.4 Å². The highest BCUT2D eigenvalue weighted by atomic mass is 16.2. The van der Waals surface area contributed by atoms with Crippen molar-refractivity contribution in [2.75, 3.05) is 7.05 Å². The smallest absolute Gasteiger partial charge is 0.234 e. The van der Waals surface area contributed by atoms with Crippen LogP contribution >= 0.6 is 0 Å². The van der Waals surface area contributed by atoms with Crippen molar-refractivity contribution in [1.29, 1.82) is 0 Å². The molecule has 1 heterocycles. The largest absolute Gasteiger partial charge is 0.332 e. The maximum Gasteiger partial charge on any atom is 0.234 e. The van der Waals surface area contributed by atoms with Crippen LogP contribution in [0.15, 0.2) is 0 Å². The van der Waals surface area contributed by atoms with Crippen LogP contribution < -0.4 is 0 Å². The second kappa shape index (κ2) is 7.20. The lowest BCUT2D eigenvalue weighted by Gasteiger charge is -2.41. The molecule has 3 fully saturated rings. The van der Waals surface area contributed by atoms with Crippen LogP contribution in [0.2, 0.25) is 0 Å². The van der Waals surface area contributed by atoms with Crippen molar-refractivity contribution in [2.24, 2.45) is 23.7 Å². The molecule has 0 aromatic carbocycles. The molecule has 4 nitrogen and oxygen atoms in total. The Balaban J connectivity index is 1.72. The Morgan fingerprint density at radius 1 is 1.04 bits per heavy atom. The molecule has 1 amide bonds. The lowest BCUT2D eigenvalue weighted by Crippen LogP contribution is -2.52. The molecule has 0 spiro atoms. The summed E-state index contributed by atoms with van der Waals surface area (Å²) in [6.07, 6.45) is 9.65. The van der Waals surface area contributed by atoms with E-state index in [9.17, 15) is 14.4 Å². The van der Waals surface area contributed by atoms with E-state index in [-0.39, 0.29) is 35.7 Å². The number of likely N-dealkylation sites (tertiary alicyclic amines) is 1. The maximum absolute atomic E-state index is 13.2. The molecule has 2 aliphatic carbocycles. The third-order valence-electron chi connectivity index (χ3n) is 7.42. The molecular weight excluding hydrogens is 314 g/mol. The first kappa shape index (κ1) is 18.6. The van der Waals surface area contributed by atoms with Gasteiger partial charge in [0, 0.05) is 19.4 Å². The van der Waals surface area contributed by atoms with Crippen LogP contribution in [0.4, 0.5) is 0 Å². The molecule has 1 aliphatic heterocycles. The highest BCUT2D eigenvalue weighted by molar-refractivity contribution is 6.14. The Labute approximate surface area is 151 Å². The zero-order chi connectivity index (χ0) is 18.2. The van der Waals surface area contributed by atoms with Gasteiger partial charge in [0.1, 0.15) is 17.2 Å². The van der Waals surface area contributed by atoms with Crippen molar-refractivity contribution in [1.82, 2.24) is 4.90 Å². The molecule has 4 heteroatoms. The second-order valence-corrected chi connectivity index (χ2v) is 8.92. The minimum atomic E-state index is -0.733. The lowest BCUT2D eigenvalue weighted by atomic mass is 9.70. The normalized spacial score (nSPS) is 37.6. The van der Waals surface area contributed by atoms with Crippen LogP contribution in [0.3, 0.4) is 0 Å². The number of Topliss-reactive ketones (excluding diaryl/α,β-unsaturated/α-hetero) is 2. The molecule has 0 radical (unpaired) electrons. The van der Waals surface area contributed by atoms with Gasteiger partial charge < -0.3 is 4.90 Å². The molecule has 2 atom stereocenters. The molecule has 3 rings (SSSR count). The fourth-order valence-electron chi connectivity index (χ4n) is 5.36. The van der Waals surface area contributed by atoms with E-state index >= 15 is 0 Å². The van der Waals surface area contributed by atoms with E-state index in [4.69, 9.17) is 0 Å². The fraction of sp³-hybridized carbons (Fsp3) is 0.857. The maximum atomic E-state index is 13.2. The number of likely N-dealkylation sites (N-methyl/N-ethyl adjacent to an activating group) is 1. The predicted octanol–water partition coefficient (Wildman–Crippen LogP) is 3.77. The van der Waals surface area contributed by atoms with E-state index in [1.165, 1.54) is 6.42 Å². The van der Waals surface area contributed by atoms with Crippen LogP contribution in [0.1, 0.15) is 78.1 Å². The summed E-state index contributed by atoms with van der Waals surface area (Å²) >= 11 is 0. The quantitative estimate of drug-likeness (QED) is 0.728. The summed E-state index contributed by atoms with van der Waals surface area (Å²) in [5.74, 6) is 0.298. The van der Waals surface area contributed by atoms with Gasteiger partial charge >= 0.3 is 0 Å². The Morgan fingerprint density at radius 3 is 2.24 bits per heavy atom. The van der Waals surface area contributed by atoms with Gasteiger partial charge in [0.2, 0.25) is 5.91 Å². The first-order valence-corrected chi connectivity index (χ1v) is 10.2. The summed E-state index contributed by atoms with van der Waals surface area (Å²) in [6.45, 7) is 4.20. The monoisotopic (exact) mass is 347 g/mol. The standard InChI is InChI=1S/C21H33NO3/c1-14-9-11-16(12-10-14)21(2)19(24)17(20(25)22(21)3)13-18(23)15-7-5-4-6-8-15/h14-17H,4-13H2,1-3H3. The molecule has 3 aliphatic rings. The molecule has 25 heavy (non-hydrogen) atoms. The minimum Gasteiger partial charge on any atom is -0.332 e. The third-order valence-corrected chi connectivity index (χ3v) is 7.42. The van der Waals surface area contributed by atoms with Crippen LogP contribution in [-0.2, 0) is 14.4 Å². The average Bonchev–Trinajstić information content (AvgIpc) is 2.79. The number of nitrogens with zero attached hydrogens (tertiary/aromatic N) is 1. The SMILES string of the molecule is CC1CCC(C2(C)C(=O)C(CC(=O)C3CCCCC3)C(=O)N2C)CC1. The number of ketones is 2. The highest BCUT2D eigenvalue weighted by Gasteiger charge is 2.57. The Bertz CT molecular complexity index is 543. The fourth-order valence-corrected chi connectivity index (χ4v) is 5.36. The summed E-state index contributed by atoms with van der Waals surface area (Å²) in [5, 5.41) is 0. The van der Waals surface area contributed by atoms with Gasteiger partial charge in [-0.25, -0.2) is 0 Å². The molecule has 0 aromatic heterocycles. The van der Waals surface area contributed by atoms with Crippen molar-refractivity contribution in [2.45, 2.75) is 83.6 Å². The van der Waals surface area contributed by atoms with E-state index in [1.807, 2.05) is 6.92 Å². The Kier molecular flexibility index (Phi) is 5.36. The Hall–Kier alpha value is -1.19. The number of hydrogen-bond donors (Lipinski definition) is 0. The minimum absolute atomic E-state index is 0.00344. The van der Waals surface area contributed by atoms with Crippen LogP contribution in [0.5, 0.6) is 0 Å².